The van der Waals surface area contributed by atoms with Crippen molar-refractivity contribution in [1.82, 2.24) is 0 Å². The largest absolute Gasteiger partial charge is 0.472 e. The van der Waals surface area contributed by atoms with Crippen molar-refractivity contribution in [3.8, 4) is 0 Å². The molecule has 0 aliphatic heterocycles. The molecule has 0 saturated carbocycles. The first-order valence-electron chi connectivity index (χ1n) is 22.3. The minimum Gasteiger partial charge on any atom is -0.462 e. The molecule has 0 heterocycles. The van der Waals surface area contributed by atoms with E-state index in [0.717, 1.165) is 77.0 Å². The molecule has 0 amide bonds. The van der Waals surface area contributed by atoms with E-state index < -0.39 is 72.3 Å². The molecule has 0 radical (unpaired) electrons. The summed E-state index contributed by atoms with van der Waals surface area (Å²) in [4.78, 5) is 52.8. The highest BCUT2D eigenvalue weighted by atomic mass is 31.2. The molecule has 14 nitrogen and oxygen atoms in total. The van der Waals surface area contributed by atoms with Gasteiger partial charge in [-0.25, -0.2) is 9.13 Å². The first-order valence-corrected chi connectivity index (χ1v) is 25.4. The number of ether oxygens (including phenoxy) is 2. The predicted molar refractivity (Wildman–Crippen MR) is 254 cm³/mol. The molecule has 0 aromatic heterocycles. The lowest BCUT2D eigenvalue weighted by Gasteiger charge is -2.20. The molecule has 2 unspecified atom stereocenters. The van der Waals surface area contributed by atoms with Gasteiger partial charge < -0.3 is 34.4 Å². The lowest BCUT2D eigenvalue weighted by atomic mass is 10.1. The monoisotopic (exact) mass is 938 g/mol. The Balaban J connectivity index is 4.78. The van der Waals surface area contributed by atoms with Crippen LogP contribution in [0.1, 0.15) is 123 Å². The van der Waals surface area contributed by atoms with Crippen molar-refractivity contribution in [3.63, 3.8) is 0 Å². The van der Waals surface area contributed by atoms with Gasteiger partial charge in [0.05, 0.1) is 25.9 Å². The average molecular weight is 939 g/mol. The Labute approximate surface area is 382 Å². The highest BCUT2D eigenvalue weighted by molar-refractivity contribution is 7.47. The van der Waals surface area contributed by atoms with Crippen molar-refractivity contribution < 1.29 is 66.7 Å². The smallest absolute Gasteiger partial charge is 0.462 e. The highest BCUT2D eigenvalue weighted by Crippen LogP contribution is 2.43. The van der Waals surface area contributed by atoms with Gasteiger partial charge >= 0.3 is 27.6 Å². The summed E-state index contributed by atoms with van der Waals surface area (Å²) >= 11 is 0. The van der Waals surface area contributed by atoms with Gasteiger partial charge in [-0.3, -0.25) is 23.2 Å². The molecular formula is C48H76O14P2. The molecule has 4 atom stereocenters. The molecule has 0 spiro atoms. The molecule has 0 aliphatic carbocycles. The summed E-state index contributed by atoms with van der Waals surface area (Å²) in [6, 6.07) is 0. The maximum Gasteiger partial charge on any atom is 0.472 e. The second-order valence-electron chi connectivity index (χ2n) is 14.4. The number of phosphoric acid groups is 2. The van der Waals surface area contributed by atoms with Gasteiger partial charge in [-0.05, 0) is 89.9 Å². The van der Waals surface area contributed by atoms with Crippen molar-refractivity contribution >= 4 is 27.6 Å². The van der Waals surface area contributed by atoms with Gasteiger partial charge in [-0.15, -0.1) is 0 Å². The van der Waals surface area contributed by atoms with E-state index >= 15 is 0 Å². The van der Waals surface area contributed by atoms with Gasteiger partial charge in [0.25, 0.3) is 0 Å². The second kappa shape index (κ2) is 42.1. The zero-order valence-corrected chi connectivity index (χ0v) is 39.7. The number of carbonyl (C=O) groups is 2. The molecule has 0 bridgehead atoms. The average Bonchev–Trinajstić information content (AvgIpc) is 3.25. The van der Waals surface area contributed by atoms with Crippen molar-refractivity contribution in [2.24, 2.45) is 0 Å². The lowest BCUT2D eigenvalue weighted by Crippen LogP contribution is -2.30. The highest BCUT2D eigenvalue weighted by Gasteiger charge is 2.28. The third kappa shape index (κ3) is 45.1. The second-order valence-corrected chi connectivity index (χ2v) is 17.1. The van der Waals surface area contributed by atoms with Gasteiger partial charge in [0.2, 0.25) is 0 Å². The lowest BCUT2D eigenvalue weighted by molar-refractivity contribution is -0.161. The summed E-state index contributed by atoms with van der Waals surface area (Å²) in [6.45, 7) is 1.25. The van der Waals surface area contributed by atoms with Crippen molar-refractivity contribution in [2.45, 2.75) is 141 Å². The molecule has 0 fully saturated rings. The number of aliphatic hydroxyl groups excluding tert-OH is 2. The molecule has 0 saturated heterocycles. The number of unbranched alkanes of at least 4 members (excludes halogenated alkanes) is 3. The van der Waals surface area contributed by atoms with Crippen LogP contribution in [0.15, 0.2) is 122 Å². The zero-order chi connectivity index (χ0) is 47.4. The minimum atomic E-state index is -4.89. The number of aliphatic hydroxyl groups is 2. The number of phosphoric ester groups is 2. The van der Waals surface area contributed by atoms with Crippen molar-refractivity contribution in [2.75, 3.05) is 26.4 Å². The third-order valence-corrected chi connectivity index (χ3v) is 9.88. The fourth-order valence-corrected chi connectivity index (χ4v) is 6.26. The Kier molecular flexibility index (Phi) is 39.8. The molecule has 5 N–H and O–H groups in total. The summed E-state index contributed by atoms with van der Waals surface area (Å²) in [5, 5.41) is 20.0. The van der Waals surface area contributed by atoms with Crippen LogP contribution in [0, 0.1) is 0 Å². The van der Waals surface area contributed by atoms with Gasteiger partial charge in [0, 0.05) is 12.8 Å². The number of rotatable bonds is 40. The number of hydrogen-bond acceptors (Lipinski definition) is 11. The molecule has 0 aromatic rings. The van der Waals surface area contributed by atoms with Crippen molar-refractivity contribution in [3.05, 3.63) is 122 Å². The van der Waals surface area contributed by atoms with Crippen LogP contribution >= 0.6 is 15.6 Å². The molecule has 0 aliphatic rings. The Morgan fingerprint density at radius 1 is 0.516 bits per heavy atom. The summed E-state index contributed by atoms with van der Waals surface area (Å²) in [5.74, 6) is -1.29. The van der Waals surface area contributed by atoms with Crippen LogP contribution < -0.4 is 0 Å². The minimum absolute atomic E-state index is 0.0431. The number of esters is 2. The summed E-state index contributed by atoms with van der Waals surface area (Å²) in [5.41, 5.74) is 0. The molecule has 0 rings (SSSR count). The maximum absolute atomic E-state index is 12.7. The van der Waals surface area contributed by atoms with Gasteiger partial charge in [-0.2, -0.15) is 0 Å². The van der Waals surface area contributed by atoms with Gasteiger partial charge in [0.1, 0.15) is 12.7 Å². The van der Waals surface area contributed by atoms with Crippen LogP contribution in [0.5, 0.6) is 0 Å². The molecule has 16 heteroatoms. The topological polar surface area (TPSA) is 216 Å². The van der Waals surface area contributed by atoms with Crippen LogP contribution in [0.2, 0.25) is 0 Å². The van der Waals surface area contributed by atoms with Gasteiger partial charge in [-0.1, -0.05) is 142 Å². The van der Waals surface area contributed by atoms with Crippen LogP contribution in [0.25, 0.3) is 0 Å². The van der Waals surface area contributed by atoms with E-state index in [2.05, 4.69) is 120 Å². The van der Waals surface area contributed by atoms with Crippen LogP contribution in [0.3, 0.4) is 0 Å². The van der Waals surface area contributed by atoms with E-state index in [-0.39, 0.29) is 19.3 Å². The van der Waals surface area contributed by atoms with Gasteiger partial charge in [0.15, 0.2) is 6.10 Å². The predicted octanol–water partition coefficient (Wildman–Crippen LogP) is 10.6. The van der Waals surface area contributed by atoms with Crippen LogP contribution in [0.4, 0.5) is 0 Å². The molecule has 0 aromatic carbocycles. The quantitative estimate of drug-likeness (QED) is 0.0127. The molecule has 64 heavy (non-hydrogen) atoms. The van der Waals surface area contributed by atoms with E-state index in [0.29, 0.717) is 12.8 Å². The van der Waals surface area contributed by atoms with E-state index in [1.165, 1.54) is 0 Å². The number of allylic oxidation sites excluding steroid dienone is 19. The Morgan fingerprint density at radius 3 is 1.52 bits per heavy atom. The van der Waals surface area contributed by atoms with E-state index in [1.54, 1.807) is 12.2 Å². The maximum atomic E-state index is 12.7. The number of carbonyl (C=O) groups excluding carboxylic acids is 2. The third-order valence-electron chi connectivity index (χ3n) is 8.44. The summed E-state index contributed by atoms with van der Waals surface area (Å²) < 4.78 is 47.6. The van der Waals surface area contributed by atoms with E-state index in [1.807, 2.05) is 12.2 Å². The number of hydrogen-bond donors (Lipinski definition) is 5. The van der Waals surface area contributed by atoms with Crippen LogP contribution in [-0.2, 0) is 41.8 Å². The normalized spacial score (nSPS) is 15.5. The summed E-state index contributed by atoms with van der Waals surface area (Å²) in [7, 11) is -9.77. The Morgan fingerprint density at radius 2 is 0.984 bits per heavy atom. The van der Waals surface area contributed by atoms with E-state index in [4.69, 9.17) is 23.8 Å². The Hall–Kier alpha value is -3.52. The van der Waals surface area contributed by atoms with Crippen LogP contribution in [-0.4, -0.2) is 81.6 Å². The first kappa shape index (κ1) is 60.5. The Bertz CT molecular complexity index is 1600. The zero-order valence-electron chi connectivity index (χ0n) is 37.9. The fourth-order valence-electron chi connectivity index (χ4n) is 5.11. The summed E-state index contributed by atoms with van der Waals surface area (Å²) in [6.07, 6.45) is 49.3. The standard InChI is InChI=1S/C48H76O14P2/c1-3-5-7-9-11-13-15-17-18-19-20-21-22-24-26-28-30-32-34-38-48(52)62-46(43-61-64(56,57)60-41-45(50)40-59-63(53,54)55)42-58-47(51)39-35-37-44(49)36-33-31-29-27-25-23-16-14-12-10-8-6-4-2/h5-8,11-14,17-18,20-21,23-26,29,31,33,36,44-46,49-50H,3-4,9-10,15-16,19,22,27-28,30,32,34-35,37-43H2,1-2H3,(H,56,57)(H2,53,54,55)/b7-5-,8-6-,13-11-,14-12-,18-17-,21-20-,25-23-,26-24-,31-29-,36-33+/t44?,45-,46+/m0/s1. The SMILES string of the molecule is CC/C=C\C/C=C\C/C=C\C/C=C\C=C\C(O)CCCC(=O)OC[C@H](COP(=O)(O)OC[C@@H](O)COP(=O)(O)O)OC(=O)CCCCC/C=C\C/C=C\C/C=C\C/C=C\C/C=C\CC. The van der Waals surface area contributed by atoms with Crippen molar-refractivity contribution in [1.29, 1.82) is 0 Å². The fraction of sp³-hybridized carbons (Fsp3) is 0.542. The molecular weight excluding hydrogens is 862 g/mol. The first-order chi connectivity index (χ1) is 30.8. The van der Waals surface area contributed by atoms with E-state index in [9.17, 15) is 33.8 Å². The molecule has 362 valence electrons.